The van der Waals surface area contributed by atoms with Crippen LogP contribution in [-0.2, 0) is 4.74 Å². The van der Waals surface area contributed by atoms with Crippen LogP contribution in [0.1, 0.15) is 26.3 Å². The standard InChI is InChI=1S/C11H12ClN3O2/c1-11(2,3)17-10(16)15-8-4-7(5-13)6-14-9(8)12/h4,6H,1-3H3,(H,15,16). The van der Waals surface area contributed by atoms with E-state index < -0.39 is 11.7 Å². The van der Waals surface area contributed by atoms with Gasteiger partial charge in [-0.3, -0.25) is 5.32 Å². The summed E-state index contributed by atoms with van der Waals surface area (Å²) in [6.07, 6.45) is 0.680. The molecule has 0 aliphatic rings. The SMILES string of the molecule is CC(C)(C)OC(=O)Nc1cc(C#N)cnc1Cl. The monoisotopic (exact) mass is 253 g/mol. The van der Waals surface area contributed by atoms with Gasteiger partial charge >= 0.3 is 6.09 Å². The van der Waals surface area contributed by atoms with Crippen LogP contribution in [0.3, 0.4) is 0 Å². The molecule has 0 unspecified atom stereocenters. The van der Waals surface area contributed by atoms with Gasteiger partial charge in [-0.15, -0.1) is 0 Å². The van der Waals surface area contributed by atoms with Crippen LogP contribution in [0.2, 0.25) is 5.15 Å². The number of nitrogens with one attached hydrogen (secondary N) is 1. The van der Waals surface area contributed by atoms with E-state index >= 15 is 0 Å². The van der Waals surface area contributed by atoms with Crippen molar-refractivity contribution in [1.29, 1.82) is 5.26 Å². The van der Waals surface area contributed by atoms with Gasteiger partial charge in [0, 0.05) is 6.20 Å². The highest BCUT2D eigenvalue weighted by Gasteiger charge is 2.17. The first-order chi connectivity index (χ1) is 7.81. The first-order valence-electron chi connectivity index (χ1n) is 4.87. The molecule has 6 heteroatoms. The molecule has 0 aliphatic heterocycles. The first-order valence-corrected chi connectivity index (χ1v) is 5.25. The molecule has 1 aromatic heterocycles. The van der Waals surface area contributed by atoms with Crippen LogP contribution in [0.25, 0.3) is 0 Å². The maximum absolute atomic E-state index is 11.5. The number of hydrogen-bond donors (Lipinski definition) is 1. The number of ether oxygens (including phenoxy) is 1. The predicted molar refractivity (Wildman–Crippen MR) is 63.8 cm³/mol. The summed E-state index contributed by atoms with van der Waals surface area (Å²) in [6.45, 7) is 5.24. The summed E-state index contributed by atoms with van der Waals surface area (Å²) in [5, 5.41) is 11.2. The number of pyridine rings is 1. The van der Waals surface area contributed by atoms with Crippen molar-refractivity contribution in [2.75, 3.05) is 5.32 Å². The molecule has 0 saturated carbocycles. The highest BCUT2D eigenvalue weighted by atomic mass is 35.5. The van der Waals surface area contributed by atoms with E-state index in [0.29, 0.717) is 5.56 Å². The first kappa shape index (κ1) is 13.3. The molecule has 0 spiro atoms. The number of aromatic nitrogens is 1. The van der Waals surface area contributed by atoms with E-state index in [1.165, 1.54) is 12.3 Å². The molecule has 1 N–H and O–H groups in total. The zero-order valence-electron chi connectivity index (χ0n) is 9.74. The van der Waals surface area contributed by atoms with Crippen LogP contribution < -0.4 is 5.32 Å². The minimum absolute atomic E-state index is 0.106. The molecule has 0 atom stereocenters. The molecule has 0 aliphatic carbocycles. The summed E-state index contributed by atoms with van der Waals surface area (Å²) in [7, 11) is 0. The zero-order valence-corrected chi connectivity index (χ0v) is 10.5. The minimum Gasteiger partial charge on any atom is -0.444 e. The maximum Gasteiger partial charge on any atom is 0.412 e. The van der Waals surface area contributed by atoms with Gasteiger partial charge in [0.25, 0.3) is 0 Å². The Labute approximate surface area is 104 Å². The molecular formula is C11H12ClN3O2. The lowest BCUT2D eigenvalue weighted by Gasteiger charge is -2.19. The minimum atomic E-state index is -0.642. The lowest BCUT2D eigenvalue weighted by molar-refractivity contribution is 0.0636. The number of halogens is 1. The Morgan fingerprint density at radius 2 is 2.24 bits per heavy atom. The van der Waals surface area contributed by atoms with Gasteiger partial charge in [-0.1, -0.05) is 11.6 Å². The molecule has 1 aromatic rings. The van der Waals surface area contributed by atoms with Gasteiger partial charge in [0.2, 0.25) is 0 Å². The molecular weight excluding hydrogens is 242 g/mol. The number of nitriles is 1. The Morgan fingerprint density at radius 1 is 1.59 bits per heavy atom. The molecule has 1 amide bonds. The summed E-state index contributed by atoms with van der Waals surface area (Å²) < 4.78 is 5.05. The average Bonchev–Trinajstić information content (AvgIpc) is 2.18. The molecule has 0 radical (unpaired) electrons. The number of amides is 1. The second-order valence-electron chi connectivity index (χ2n) is 4.30. The summed E-state index contributed by atoms with van der Waals surface area (Å²) in [4.78, 5) is 15.2. The van der Waals surface area contributed by atoms with E-state index in [0.717, 1.165) is 0 Å². The number of carbonyl (C=O) groups excluding carboxylic acids is 1. The molecule has 1 rings (SSSR count). The van der Waals surface area contributed by atoms with Gasteiger partial charge < -0.3 is 4.74 Å². The quantitative estimate of drug-likeness (QED) is 0.781. The lowest BCUT2D eigenvalue weighted by atomic mass is 10.2. The fourth-order valence-electron chi connectivity index (χ4n) is 1.01. The number of nitrogens with zero attached hydrogens (tertiary/aromatic N) is 2. The summed E-state index contributed by atoms with van der Waals surface area (Å²) in [5.41, 5.74) is -0.0444. The summed E-state index contributed by atoms with van der Waals surface area (Å²) in [5.74, 6) is 0. The Bertz CT molecular complexity index is 475. The highest BCUT2D eigenvalue weighted by Crippen LogP contribution is 2.20. The Morgan fingerprint density at radius 3 is 2.76 bits per heavy atom. The van der Waals surface area contributed by atoms with Gasteiger partial charge in [-0.05, 0) is 26.8 Å². The predicted octanol–water partition coefficient (Wildman–Crippen LogP) is 2.95. The van der Waals surface area contributed by atoms with E-state index in [1.54, 1.807) is 20.8 Å². The molecule has 0 fully saturated rings. The van der Waals surface area contributed by atoms with E-state index in [-0.39, 0.29) is 10.8 Å². The molecule has 17 heavy (non-hydrogen) atoms. The van der Waals surface area contributed by atoms with E-state index in [9.17, 15) is 4.79 Å². The summed E-state index contributed by atoms with van der Waals surface area (Å²) in [6, 6.07) is 3.33. The van der Waals surface area contributed by atoms with Crippen molar-refractivity contribution in [1.82, 2.24) is 4.98 Å². The van der Waals surface area contributed by atoms with E-state index in [2.05, 4.69) is 10.3 Å². The maximum atomic E-state index is 11.5. The fraction of sp³-hybridized carbons (Fsp3) is 0.364. The summed E-state index contributed by atoms with van der Waals surface area (Å²) >= 11 is 5.78. The van der Waals surface area contributed by atoms with Gasteiger partial charge in [-0.2, -0.15) is 5.26 Å². The fourth-order valence-corrected chi connectivity index (χ4v) is 1.16. The third kappa shape index (κ3) is 4.29. The Balaban J connectivity index is 2.82. The van der Waals surface area contributed by atoms with Crippen molar-refractivity contribution in [3.05, 3.63) is 23.0 Å². The Kier molecular flexibility index (Phi) is 3.92. The molecule has 0 saturated heterocycles. The van der Waals surface area contributed by atoms with Crippen molar-refractivity contribution in [3.8, 4) is 6.07 Å². The van der Waals surface area contributed by atoms with E-state index in [4.69, 9.17) is 21.6 Å². The molecule has 5 nitrogen and oxygen atoms in total. The number of carbonyl (C=O) groups is 1. The Hall–Kier alpha value is -1.80. The van der Waals surface area contributed by atoms with Crippen LogP contribution in [0, 0.1) is 11.3 Å². The average molecular weight is 254 g/mol. The molecule has 1 heterocycles. The van der Waals surface area contributed by atoms with Crippen LogP contribution in [0.4, 0.5) is 10.5 Å². The smallest absolute Gasteiger partial charge is 0.412 e. The highest BCUT2D eigenvalue weighted by molar-refractivity contribution is 6.32. The second kappa shape index (κ2) is 5.02. The molecule has 90 valence electrons. The van der Waals surface area contributed by atoms with Crippen molar-refractivity contribution >= 4 is 23.4 Å². The van der Waals surface area contributed by atoms with Gasteiger partial charge in [0.1, 0.15) is 11.7 Å². The van der Waals surface area contributed by atoms with Gasteiger partial charge in [0.15, 0.2) is 5.15 Å². The van der Waals surface area contributed by atoms with Crippen LogP contribution in [0.5, 0.6) is 0 Å². The largest absolute Gasteiger partial charge is 0.444 e. The van der Waals surface area contributed by atoms with Gasteiger partial charge in [-0.25, -0.2) is 9.78 Å². The molecule has 0 bridgehead atoms. The normalized spacial score (nSPS) is 10.5. The van der Waals surface area contributed by atoms with Crippen LogP contribution in [0.15, 0.2) is 12.3 Å². The van der Waals surface area contributed by atoms with Crippen molar-refractivity contribution < 1.29 is 9.53 Å². The zero-order chi connectivity index (χ0) is 13.1. The van der Waals surface area contributed by atoms with Crippen molar-refractivity contribution in [3.63, 3.8) is 0 Å². The van der Waals surface area contributed by atoms with Crippen LogP contribution >= 0.6 is 11.6 Å². The second-order valence-corrected chi connectivity index (χ2v) is 4.66. The molecule has 0 aromatic carbocycles. The number of hydrogen-bond acceptors (Lipinski definition) is 4. The van der Waals surface area contributed by atoms with Crippen molar-refractivity contribution in [2.45, 2.75) is 26.4 Å². The van der Waals surface area contributed by atoms with E-state index in [1.807, 2.05) is 6.07 Å². The van der Waals surface area contributed by atoms with Crippen LogP contribution in [-0.4, -0.2) is 16.7 Å². The number of anilines is 1. The third-order valence-corrected chi connectivity index (χ3v) is 1.90. The van der Waals surface area contributed by atoms with Gasteiger partial charge in [0.05, 0.1) is 11.3 Å². The lowest BCUT2D eigenvalue weighted by Crippen LogP contribution is -2.27. The van der Waals surface area contributed by atoms with Crippen molar-refractivity contribution in [2.24, 2.45) is 0 Å². The number of rotatable bonds is 1. The third-order valence-electron chi connectivity index (χ3n) is 1.60. The topological polar surface area (TPSA) is 75.0 Å².